The van der Waals surface area contributed by atoms with Crippen molar-refractivity contribution in [3.05, 3.63) is 35.4 Å². The number of carboxylic acid groups (broad SMARTS) is 2. The molecule has 1 heterocycles. The van der Waals surface area contributed by atoms with E-state index in [9.17, 15) is 32.8 Å². The summed E-state index contributed by atoms with van der Waals surface area (Å²) in [5.41, 5.74) is -2.88. The molecule has 1 aliphatic heterocycles. The molecule has 0 bridgehead atoms. The lowest BCUT2D eigenvalue weighted by molar-refractivity contribution is -0.157. The van der Waals surface area contributed by atoms with Crippen LogP contribution in [0.2, 0.25) is 0 Å². The van der Waals surface area contributed by atoms with Gasteiger partial charge < -0.3 is 30.2 Å². The fourth-order valence-corrected chi connectivity index (χ4v) is 3.38. The summed E-state index contributed by atoms with van der Waals surface area (Å²) in [7, 11) is -1.49. The number of carbonyl (C=O) groups is 5. The minimum atomic E-state index is -2.27. The Bertz CT molecular complexity index is 973. The zero-order chi connectivity index (χ0) is 25.6. The van der Waals surface area contributed by atoms with Gasteiger partial charge in [0.2, 0.25) is 5.91 Å². The summed E-state index contributed by atoms with van der Waals surface area (Å²) in [4.78, 5) is 59.2. The van der Waals surface area contributed by atoms with Gasteiger partial charge in [-0.2, -0.15) is 0 Å². The van der Waals surface area contributed by atoms with Gasteiger partial charge in [0, 0.05) is 0 Å². The molecule has 0 aliphatic carbocycles. The number of carbonyl (C=O) groups excluding carboxylic acids is 3. The second-order valence-electron chi connectivity index (χ2n) is 8.14. The molecule has 0 spiro atoms. The third-order valence-corrected chi connectivity index (χ3v) is 4.79. The first-order valence-corrected chi connectivity index (χ1v) is 10.2. The first-order valence-electron chi connectivity index (χ1n) is 10.2. The summed E-state index contributed by atoms with van der Waals surface area (Å²) in [6, 6.07) is 2.25. The van der Waals surface area contributed by atoms with Crippen LogP contribution in [0.5, 0.6) is 0 Å². The molecule has 1 fully saturated rings. The Hall–Kier alpha value is -3.55. The van der Waals surface area contributed by atoms with E-state index in [1.807, 2.05) is 0 Å². The first-order chi connectivity index (χ1) is 15.8. The van der Waals surface area contributed by atoms with Crippen LogP contribution in [0.1, 0.15) is 43.5 Å². The van der Waals surface area contributed by atoms with Crippen molar-refractivity contribution in [1.29, 1.82) is 0 Å². The summed E-state index contributed by atoms with van der Waals surface area (Å²) < 4.78 is 37.5. The number of benzene rings is 1. The molecule has 1 aromatic rings. The third-order valence-electron chi connectivity index (χ3n) is 4.79. The molecule has 2 rings (SSSR count). The van der Waals surface area contributed by atoms with Gasteiger partial charge in [0.05, 0.1) is 30.9 Å². The molecule has 0 aromatic heterocycles. The second kappa shape index (κ2) is 11.1. The molecule has 184 valence electrons. The summed E-state index contributed by atoms with van der Waals surface area (Å²) in [6.45, 7) is 2.89. The summed E-state index contributed by atoms with van der Waals surface area (Å²) >= 11 is 0. The van der Waals surface area contributed by atoms with Crippen LogP contribution < -0.4 is 10.6 Å². The van der Waals surface area contributed by atoms with Crippen LogP contribution in [0.4, 0.5) is 8.78 Å². The number of hydrogen-bond acceptors (Lipinski definition) is 7. The molecular formula is C20H23BF2N2O9. The molecule has 1 atom stereocenters. The van der Waals surface area contributed by atoms with Crippen molar-refractivity contribution in [3.8, 4) is 0 Å². The van der Waals surface area contributed by atoms with Crippen molar-refractivity contribution in [2.24, 2.45) is 5.92 Å². The van der Waals surface area contributed by atoms with Crippen LogP contribution in [-0.4, -0.2) is 65.1 Å². The van der Waals surface area contributed by atoms with Gasteiger partial charge in [0.15, 0.2) is 5.60 Å². The standard InChI is InChI=1S/C20H23BF2N2O9/c1-10(2)5-14(21-33-19(32)20(34-21,7-16(27)28)8-17(29)30)25-15(26)9-24-18(31)12-6-11(22)3-4-13(12)23/h3-4,6,10,14H,5,7-9H2,1-2H3,(H,24,31)(H,25,26)(H,27,28)(H,29,30)/t14-/m0/s1. The zero-order valence-corrected chi connectivity index (χ0v) is 18.3. The van der Waals surface area contributed by atoms with Gasteiger partial charge in [-0.1, -0.05) is 13.8 Å². The molecule has 11 nitrogen and oxygen atoms in total. The number of aliphatic carboxylic acids is 2. The van der Waals surface area contributed by atoms with Crippen molar-refractivity contribution in [1.82, 2.24) is 10.6 Å². The van der Waals surface area contributed by atoms with E-state index < -0.39 is 85.0 Å². The van der Waals surface area contributed by atoms with Gasteiger partial charge >= 0.3 is 25.0 Å². The molecule has 14 heteroatoms. The summed E-state index contributed by atoms with van der Waals surface area (Å²) in [6.07, 6.45) is -1.76. The van der Waals surface area contributed by atoms with E-state index in [4.69, 9.17) is 19.5 Å². The van der Waals surface area contributed by atoms with E-state index >= 15 is 0 Å². The van der Waals surface area contributed by atoms with E-state index in [-0.39, 0.29) is 12.3 Å². The Kier molecular flexibility index (Phi) is 8.68. The highest BCUT2D eigenvalue weighted by molar-refractivity contribution is 6.51. The predicted molar refractivity (Wildman–Crippen MR) is 110 cm³/mol. The van der Waals surface area contributed by atoms with E-state index in [2.05, 4.69) is 10.6 Å². The number of rotatable bonds is 11. The highest BCUT2D eigenvalue weighted by Crippen LogP contribution is 2.32. The Morgan fingerprint density at radius 3 is 2.29 bits per heavy atom. The highest BCUT2D eigenvalue weighted by atomic mass is 19.1. The van der Waals surface area contributed by atoms with Crippen LogP contribution in [0.3, 0.4) is 0 Å². The number of nitrogens with one attached hydrogen (secondary N) is 2. The Morgan fingerprint density at radius 2 is 1.74 bits per heavy atom. The third kappa shape index (κ3) is 6.97. The predicted octanol–water partition coefficient (Wildman–Crippen LogP) is 0.515. The SMILES string of the molecule is CC(C)C[C@H](NC(=O)CNC(=O)c1cc(F)ccc1F)B1OC(=O)C(CC(=O)O)(CC(=O)O)O1. The molecule has 0 unspecified atom stereocenters. The monoisotopic (exact) mass is 484 g/mol. The van der Waals surface area contributed by atoms with Crippen molar-refractivity contribution >= 4 is 36.8 Å². The van der Waals surface area contributed by atoms with Gasteiger partial charge in [-0.05, 0) is 30.5 Å². The highest BCUT2D eigenvalue weighted by Gasteiger charge is 2.57. The lowest BCUT2D eigenvalue weighted by Gasteiger charge is -2.24. The smallest absolute Gasteiger partial charge is 0.506 e. The number of hydrogen-bond donors (Lipinski definition) is 4. The number of halogens is 2. The Morgan fingerprint density at radius 1 is 1.12 bits per heavy atom. The van der Waals surface area contributed by atoms with Crippen molar-refractivity contribution in [2.45, 2.75) is 44.7 Å². The molecule has 2 amide bonds. The molecule has 1 aromatic carbocycles. The van der Waals surface area contributed by atoms with E-state index in [1.54, 1.807) is 13.8 Å². The molecule has 1 saturated heterocycles. The molecule has 4 N–H and O–H groups in total. The molecular weight excluding hydrogens is 461 g/mol. The molecule has 0 radical (unpaired) electrons. The summed E-state index contributed by atoms with van der Waals surface area (Å²) in [5, 5.41) is 22.8. The minimum Gasteiger partial charge on any atom is -0.506 e. The van der Waals surface area contributed by atoms with Crippen LogP contribution in [-0.2, 0) is 28.5 Å². The molecule has 1 aliphatic rings. The van der Waals surface area contributed by atoms with Gasteiger partial charge in [-0.15, -0.1) is 0 Å². The number of carboxylic acids is 2. The van der Waals surface area contributed by atoms with Gasteiger partial charge in [-0.25, -0.2) is 8.78 Å². The Balaban J connectivity index is 2.10. The Labute approximate surface area is 192 Å². The van der Waals surface area contributed by atoms with Gasteiger partial charge in [0.25, 0.3) is 5.91 Å². The van der Waals surface area contributed by atoms with Crippen molar-refractivity contribution < 1.29 is 52.3 Å². The maximum atomic E-state index is 13.7. The van der Waals surface area contributed by atoms with E-state index in [0.717, 1.165) is 12.1 Å². The van der Waals surface area contributed by atoms with Crippen LogP contribution in [0, 0.1) is 17.6 Å². The molecule has 34 heavy (non-hydrogen) atoms. The lowest BCUT2D eigenvalue weighted by Crippen LogP contribution is -2.51. The fraction of sp³-hybridized carbons (Fsp3) is 0.450. The van der Waals surface area contributed by atoms with Gasteiger partial charge in [0.1, 0.15) is 11.6 Å². The first kappa shape index (κ1) is 26.7. The maximum absolute atomic E-state index is 13.7. The second-order valence-corrected chi connectivity index (χ2v) is 8.14. The minimum absolute atomic E-state index is 0.0856. The topological polar surface area (TPSA) is 168 Å². The quantitative estimate of drug-likeness (QED) is 0.327. The zero-order valence-electron chi connectivity index (χ0n) is 18.3. The van der Waals surface area contributed by atoms with Crippen LogP contribution in [0.15, 0.2) is 18.2 Å². The lowest BCUT2D eigenvalue weighted by atomic mass is 9.74. The van der Waals surface area contributed by atoms with E-state index in [0.29, 0.717) is 6.07 Å². The van der Waals surface area contributed by atoms with Crippen LogP contribution >= 0.6 is 0 Å². The van der Waals surface area contributed by atoms with E-state index in [1.165, 1.54) is 0 Å². The largest absolute Gasteiger partial charge is 0.552 e. The maximum Gasteiger partial charge on any atom is 0.552 e. The van der Waals surface area contributed by atoms with Crippen molar-refractivity contribution in [3.63, 3.8) is 0 Å². The molecule has 0 saturated carbocycles. The number of amides is 2. The normalized spacial score (nSPS) is 15.6. The van der Waals surface area contributed by atoms with Crippen molar-refractivity contribution in [2.75, 3.05) is 6.54 Å². The average Bonchev–Trinajstić information content (AvgIpc) is 3.01. The average molecular weight is 484 g/mol. The summed E-state index contributed by atoms with van der Waals surface area (Å²) in [5.74, 6) is -8.97. The fourth-order valence-electron chi connectivity index (χ4n) is 3.38. The van der Waals surface area contributed by atoms with Gasteiger partial charge in [-0.3, -0.25) is 24.0 Å². The van der Waals surface area contributed by atoms with Crippen LogP contribution in [0.25, 0.3) is 0 Å².